The molecular weight excluding hydrogens is 318 g/mol. The zero-order valence-corrected chi connectivity index (χ0v) is 15.0. The quantitative estimate of drug-likeness (QED) is 0.698. The van der Waals surface area contributed by atoms with Crippen molar-refractivity contribution in [1.29, 1.82) is 0 Å². The molecule has 0 aliphatic carbocycles. The van der Waals surface area contributed by atoms with Gasteiger partial charge in [-0.3, -0.25) is 9.59 Å². The van der Waals surface area contributed by atoms with E-state index in [-0.39, 0.29) is 17.7 Å². The summed E-state index contributed by atoms with van der Waals surface area (Å²) in [7, 11) is 0. The summed E-state index contributed by atoms with van der Waals surface area (Å²) in [4.78, 5) is 26.2. The predicted octanol–water partition coefficient (Wildman–Crippen LogP) is 1.47. The van der Waals surface area contributed by atoms with Crippen LogP contribution < -0.4 is 15.8 Å². The molecule has 1 aliphatic heterocycles. The van der Waals surface area contributed by atoms with Crippen LogP contribution in [0.3, 0.4) is 0 Å². The summed E-state index contributed by atoms with van der Waals surface area (Å²) in [6, 6.07) is 7.88. The fraction of sp³-hybridized carbons (Fsp3) is 0.579. The summed E-state index contributed by atoms with van der Waals surface area (Å²) >= 11 is 0. The standard InChI is InChI=1S/C19H29N3O3/c1-15-5-2-7-17(13-15)25-12-4-8-18(23)22-11-3-6-16(14-22)19(24)21-10-9-20/h2,5,7,13,16H,3-4,6,8-12,14,20H2,1H3,(H,21,24). The van der Waals surface area contributed by atoms with Crippen molar-refractivity contribution in [3.63, 3.8) is 0 Å². The van der Waals surface area contributed by atoms with Crippen molar-refractivity contribution in [3.8, 4) is 5.75 Å². The van der Waals surface area contributed by atoms with Gasteiger partial charge in [0.05, 0.1) is 12.5 Å². The lowest BCUT2D eigenvalue weighted by Crippen LogP contribution is -2.46. The summed E-state index contributed by atoms with van der Waals surface area (Å²) in [5, 5.41) is 2.81. The first-order valence-corrected chi connectivity index (χ1v) is 9.05. The number of aryl methyl sites for hydroxylation is 1. The number of ether oxygens (including phenoxy) is 1. The van der Waals surface area contributed by atoms with Crippen molar-refractivity contribution in [2.45, 2.75) is 32.6 Å². The van der Waals surface area contributed by atoms with Gasteiger partial charge < -0.3 is 20.7 Å². The molecule has 3 N–H and O–H groups in total. The van der Waals surface area contributed by atoms with Crippen molar-refractivity contribution in [1.82, 2.24) is 10.2 Å². The van der Waals surface area contributed by atoms with Gasteiger partial charge >= 0.3 is 0 Å². The Kier molecular flexibility index (Phi) is 7.73. The van der Waals surface area contributed by atoms with Gasteiger partial charge in [-0.05, 0) is 43.9 Å². The molecule has 2 rings (SSSR count). The Morgan fingerprint density at radius 3 is 3.00 bits per heavy atom. The minimum atomic E-state index is -0.118. The van der Waals surface area contributed by atoms with E-state index in [1.807, 2.05) is 36.1 Å². The number of hydrogen-bond donors (Lipinski definition) is 2. The highest BCUT2D eigenvalue weighted by Crippen LogP contribution is 2.18. The third kappa shape index (κ3) is 6.38. The second-order valence-electron chi connectivity index (χ2n) is 6.53. The third-order valence-corrected chi connectivity index (χ3v) is 4.38. The molecule has 0 radical (unpaired) electrons. The smallest absolute Gasteiger partial charge is 0.224 e. The second-order valence-corrected chi connectivity index (χ2v) is 6.53. The van der Waals surface area contributed by atoms with Crippen LogP contribution in [0.15, 0.2) is 24.3 Å². The lowest BCUT2D eigenvalue weighted by Gasteiger charge is -2.32. The van der Waals surface area contributed by atoms with Crippen molar-refractivity contribution in [2.75, 3.05) is 32.8 Å². The molecule has 1 fully saturated rings. The van der Waals surface area contributed by atoms with Gasteiger partial charge in [0.1, 0.15) is 5.75 Å². The third-order valence-electron chi connectivity index (χ3n) is 4.38. The number of likely N-dealkylation sites (tertiary alicyclic amines) is 1. The van der Waals surface area contributed by atoms with Gasteiger partial charge in [-0.25, -0.2) is 0 Å². The van der Waals surface area contributed by atoms with Crippen LogP contribution in [0, 0.1) is 12.8 Å². The van der Waals surface area contributed by atoms with Gasteiger partial charge in [0.15, 0.2) is 0 Å². The molecule has 1 unspecified atom stereocenters. The van der Waals surface area contributed by atoms with Gasteiger partial charge in [0.25, 0.3) is 0 Å². The fourth-order valence-electron chi connectivity index (χ4n) is 3.03. The first-order valence-electron chi connectivity index (χ1n) is 9.05. The minimum absolute atomic E-state index is 0.00531. The summed E-state index contributed by atoms with van der Waals surface area (Å²) < 4.78 is 5.68. The highest BCUT2D eigenvalue weighted by atomic mass is 16.5. The van der Waals surface area contributed by atoms with Gasteiger partial charge in [0, 0.05) is 32.6 Å². The molecule has 1 aromatic rings. The predicted molar refractivity (Wildman–Crippen MR) is 97.3 cm³/mol. The summed E-state index contributed by atoms with van der Waals surface area (Å²) in [6.07, 6.45) is 2.82. The van der Waals surface area contributed by atoms with E-state index in [4.69, 9.17) is 10.5 Å². The van der Waals surface area contributed by atoms with Crippen molar-refractivity contribution in [2.24, 2.45) is 11.7 Å². The van der Waals surface area contributed by atoms with Gasteiger partial charge in [-0.2, -0.15) is 0 Å². The summed E-state index contributed by atoms with van der Waals surface area (Å²) in [5.41, 5.74) is 6.56. The first kappa shape index (κ1) is 19.2. The average Bonchev–Trinajstić information content (AvgIpc) is 2.63. The van der Waals surface area contributed by atoms with Crippen LogP contribution in [0.2, 0.25) is 0 Å². The number of rotatable bonds is 8. The van der Waals surface area contributed by atoms with Crippen LogP contribution in [-0.4, -0.2) is 49.5 Å². The number of carbonyl (C=O) groups is 2. The molecule has 0 aromatic heterocycles. The van der Waals surface area contributed by atoms with Gasteiger partial charge in [0.2, 0.25) is 11.8 Å². The van der Waals surface area contributed by atoms with Crippen molar-refractivity contribution < 1.29 is 14.3 Å². The summed E-state index contributed by atoms with van der Waals surface area (Å²) in [6.45, 7) is 4.70. The molecule has 1 heterocycles. The maximum absolute atomic E-state index is 12.4. The van der Waals surface area contributed by atoms with Crippen LogP contribution >= 0.6 is 0 Å². The van der Waals surface area contributed by atoms with Gasteiger partial charge in [-0.1, -0.05) is 12.1 Å². The van der Waals surface area contributed by atoms with E-state index in [0.29, 0.717) is 39.1 Å². The lowest BCUT2D eigenvalue weighted by molar-refractivity contribution is -0.135. The van der Waals surface area contributed by atoms with E-state index in [0.717, 1.165) is 30.7 Å². The number of hydrogen-bond acceptors (Lipinski definition) is 4. The van der Waals surface area contributed by atoms with Crippen molar-refractivity contribution in [3.05, 3.63) is 29.8 Å². The molecule has 1 saturated heterocycles. The molecule has 1 atom stereocenters. The number of benzene rings is 1. The Morgan fingerprint density at radius 2 is 2.24 bits per heavy atom. The zero-order valence-electron chi connectivity index (χ0n) is 15.0. The van der Waals surface area contributed by atoms with Crippen LogP contribution in [0.4, 0.5) is 0 Å². The number of nitrogens with two attached hydrogens (primary N) is 1. The Balaban J connectivity index is 1.70. The molecule has 0 saturated carbocycles. The van der Waals surface area contributed by atoms with Crippen molar-refractivity contribution >= 4 is 11.8 Å². The first-order chi connectivity index (χ1) is 12.1. The van der Waals surface area contributed by atoms with Crippen LogP contribution in [0.5, 0.6) is 5.75 Å². The molecule has 0 bridgehead atoms. The van der Waals surface area contributed by atoms with E-state index in [1.54, 1.807) is 0 Å². The maximum atomic E-state index is 12.4. The number of nitrogens with one attached hydrogen (secondary N) is 1. The normalized spacial score (nSPS) is 17.2. The molecule has 6 heteroatoms. The highest BCUT2D eigenvalue weighted by molar-refractivity contribution is 5.81. The second kappa shape index (κ2) is 10.0. The Morgan fingerprint density at radius 1 is 1.40 bits per heavy atom. The molecule has 6 nitrogen and oxygen atoms in total. The zero-order chi connectivity index (χ0) is 18.1. The number of nitrogens with zero attached hydrogens (tertiary/aromatic N) is 1. The Hall–Kier alpha value is -2.08. The Labute approximate surface area is 149 Å². The molecule has 25 heavy (non-hydrogen) atoms. The maximum Gasteiger partial charge on any atom is 0.224 e. The van der Waals surface area contributed by atoms with E-state index in [9.17, 15) is 9.59 Å². The SMILES string of the molecule is Cc1cccc(OCCCC(=O)N2CCCC(C(=O)NCCN)C2)c1. The lowest BCUT2D eigenvalue weighted by atomic mass is 9.96. The summed E-state index contributed by atoms with van der Waals surface area (Å²) in [5.74, 6) is 0.824. The van der Waals surface area contributed by atoms with E-state index < -0.39 is 0 Å². The van der Waals surface area contributed by atoms with Gasteiger partial charge in [-0.15, -0.1) is 0 Å². The highest BCUT2D eigenvalue weighted by Gasteiger charge is 2.27. The topological polar surface area (TPSA) is 84.7 Å². The molecular formula is C19H29N3O3. The molecule has 1 aliphatic rings. The monoisotopic (exact) mass is 347 g/mol. The van der Waals surface area contributed by atoms with Crippen LogP contribution in [0.25, 0.3) is 0 Å². The van der Waals surface area contributed by atoms with Crippen LogP contribution in [0.1, 0.15) is 31.2 Å². The van der Waals surface area contributed by atoms with Crippen LogP contribution in [-0.2, 0) is 9.59 Å². The minimum Gasteiger partial charge on any atom is -0.494 e. The number of carbonyl (C=O) groups excluding carboxylic acids is 2. The molecule has 0 spiro atoms. The van der Waals surface area contributed by atoms with E-state index in [1.165, 1.54) is 0 Å². The Bertz CT molecular complexity index is 577. The number of amides is 2. The average molecular weight is 347 g/mol. The molecule has 1 aromatic carbocycles. The molecule has 2 amide bonds. The fourth-order valence-corrected chi connectivity index (χ4v) is 3.03. The van der Waals surface area contributed by atoms with E-state index >= 15 is 0 Å². The largest absolute Gasteiger partial charge is 0.494 e. The molecule has 138 valence electrons. The number of piperidine rings is 1. The van der Waals surface area contributed by atoms with E-state index in [2.05, 4.69) is 5.32 Å².